The molecule has 0 bridgehead atoms. The molecule has 0 spiro atoms. The number of nitrogens with one attached hydrogen (secondary N) is 1. The molecule has 156 valence electrons. The molecular weight excluding hydrogens is 384 g/mol. The molecule has 1 amide bonds. The van der Waals surface area contributed by atoms with E-state index in [4.69, 9.17) is 0 Å². The number of rotatable bonds is 5. The zero-order valence-corrected chi connectivity index (χ0v) is 17.7. The Bertz CT molecular complexity index is 1200. The van der Waals surface area contributed by atoms with E-state index < -0.39 is 0 Å². The van der Waals surface area contributed by atoms with Crippen molar-refractivity contribution in [3.8, 4) is 0 Å². The van der Waals surface area contributed by atoms with Gasteiger partial charge in [-0.3, -0.25) is 14.8 Å². The Hall–Kier alpha value is -3.47. The van der Waals surface area contributed by atoms with Gasteiger partial charge >= 0.3 is 0 Å². The van der Waals surface area contributed by atoms with E-state index in [0.29, 0.717) is 19.4 Å². The van der Waals surface area contributed by atoms with Crippen molar-refractivity contribution in [1.29, 1.82) is 0 Å². The highest BCUT2D eigenvalue weighted by Gasteiger charge is 2.34. The van der Waals surface area contributed by atoms with Crippen LogP contribution in [-0.2, 0) is 24.1 Å². The first-order chi connectivity index (χ1) is 15.2. The molecule has 5 nitrogen and oxygen atoms in total. The number of hydrogen-bond donors (Lipinski definition) is 1. The second-order valence-corrected chi connectivity index (χ2v) is 8.09. The zero-order chi connectivity index (χ0) is 21.2. The van der Waals surface area contributed by atoms with Gasteiger partial charge in [0.25, 0.3) is 0 Å². The largest absolute Gasteiger partial charge is 0.356 e. The summed E-state index contributed by atoms with van der Waals surface area (Å²) in [5, 5.41) is 1.26. The Morgan fingerprint density at radius 3 is 2.74 bits per heavy atom. The molecule has 5 rings (SSSR count). The van der Waals surface area contributed by atoms with Crippen LogP contribution < -0.4 is 0 Å². The highest BCUT2D eigenvalue weighted by Crippen LogP contribution is 2.38. The van der Waals surface area contributed by atoms with Crippen LogP contribution in [0.2, 0.25) is 0 Å². The summed E-state index contributed by atoms with van der Waals surface area (Å²) in [6.45, 7) is 2.88. The number of aromatic amines is 1. The Morgan fingerprint density at radius 1 is 1.13 bits per heavy atom. The fourth-order valence-electron chi connectivity index (χ4n) is 4.63. The van der Waals surface area contributed by atoms with Gasteiger partial charge in [0.1, 0.15) is 0 Å². The van der Waals surface area contributed by atoms with Crippen LogP contribution in [0.25, 0.3) is 10.9 Å². The third kappa shape index (κ3) is 3.72. The molecule has 0 aliphatic carbocycles. The smallest absolute Gasteiger partial charge is 0.223 e. The van der Waals surface area contributed by atoms with Gasteiger partial charge in [-0.05, 0) is 42.0 Å². The number of aromatic nitrogens is 3. The molecule has 1 atom stereocenters. The summed E-state index contributed by atoms with van der Waals surface area (Å²) in [4.78, 5) is 27.5. The minimum atomic E-state index is -0.101. The Labute approximate surface area is 182 Å². The molecule has 31 heavy (non-hydrogen) atoms. The second-order valence-electron chi connectivity index (χ2n) is 8.09. The molecule has 2 aromatic heterocycles. The summed E-state index contributed by atoms with van der Waals surface area (Å²) in [6.07, 6.45) is 7.96. The van der Waals surface area contributed by atoms with Gasteiger partial charge in [-0.15, -0.1) is 0 Å². The van der Waals surface area contributed by atoms with Crippen LogP contribution in [0.1, 0.15) is 47.5 Å². The van der Waals surface area contributed by atoms with E-state index in [0.717, 1.165) is 35.3 Å². The topological polar surface area (TPSA) is 61.9 Å². The van der Waals surface area contributed by atoms with Crippen molar-refractivity contribution < 1.29 is 4.79 Å². The molecule has 0 fully saturated rings. The van der Waals surface area contributed by atoms with Gasteiger partial charge < -0.3 is 9.88 Å². The summed E-state index contributed by atoms with van der Waals surface area (Å²) in [5.41, 5.74) is 6.91. The number of nitrogens with zero attached hydrogens (tertiary/aromatic N) is 3. The van der Waals surface area contributed by atoms with E-state index in [-0.39, 0.29) is 11.9 Å². The number of amides is 1. The summed E-state index contributed by atoms with van der Waals surface area (Å²) >= 11 is 0. The van der Waals surface area contributed by atoms with Crippen molar-refractivity contribution in [3.05, 3.63) is 95.2 Å². The van der Waals surface area contributed by atoms with Crippen molar-refractivity contribution in [2.45, 2.75) is 38.6 Å². The SMILES string of the molecule is CCc1ccc([C@H]2c3[nH]c4ccccc4c3CCN2C(=O)CCc2cnccn2)cc1. The number of H-pyrrole nitrogens is 1. The predicted octanol–water partition coefficient (Wildman–Crippen LogP) is 4.63. The van der Waals surface area contributed by atoms with Crippen molar-refractivity contribution in [2.24, 2.45) is 0 Å². The van der Waals surface area contributed by atoms with Crippen LogP contribution in [0, 0.1) is 0 Å². The average molecular weight is 411 g/mol. The second kappa shape index (κ2) is 8.34. The first-order valence-electron chi connectivity index (χ1n) is 11.0. The maximum absolute atomic E-state index is 13.4. The zero-order valence-electron chi connectivity index (χ0n) is 17.7. The third-order valence-corrected chi connectivity index (χ3v) is 6.27. The molecule has 0 radical (unpaired) electrons. The fourth-order valence-corrected chi connectivity index (χ4v) is 4.63. The van der Waals surface area contributed by atoms with E-state index in [2.05, 4.69) is 70.4 Å². The van der Waals surface area contributed by atoms with Crippen LogP contribution in [0.4, 0.5) is 0 Å². The normalized spacial score (nSPS) is 15.8. The van der Waals surface area contributed by atoms with Gasteiger partial charge in [-0.25, -0.2) is 0 Å². The molecule has 4 aromatic rings. The van der Waals surface area contributed by atoms with E-state index >= 15 is 0 Å². The number of carbonyl (C=O) groups excluding carboxylic acids is 1. The number of benzene rings is 2. The Morgan fingerprint density at radius 2 is 1.97 bits per heavy atom. The summed E-state index contributed by atoms with van der Waals surface area (Å²) in [6, 6.07) is 17.0. The molecule has 0 unspecified atom stereocenters. The van der Waals surface area contributed by atoms with E-state index in [1.165, 1.54) is 16.5 Å². The highest BCUT2D eigenvalue weighted by molar-refractivity contribution is 5.86. The van der Waals surface area contributed by atoms with Crippen LogP contribution >= 0.6 is 0 Å². The minimum absolute atomic E-state index is 0.101. The third-order valence-electron chi connectivity index (χ3n) is 6.27. The van der Waals surface area contributed by atoms with Crippen molar-refractivity contribution >= 4 is 16.8 Å². The first-order valence-corrected chi connectivity index (χ1v) is 11.0. The fraction of sp³-hybridized carbons (Fsp3) is 0.269. The molecular formula is C26H26N4O. The maximum atomic E-state index is 13.4. The summed E-state index contributed by atoms with van der Waals surface area (Å²) < 4.78 is 0. The van der Waals surface area contributed by atoms with Crippen molar-refractivity contribution in [3.63, 3.8) is 0 Å². The van der Waals surface area contributed by atoms with Gasteiger partial charge in [0, 0.05) is 48.2 Å². The van der Waals surface area contributed by atoms with Gasteiger partial charge in [0.2, 0.25) is 5.91 Å². The van der Waals surface area contributed by atoms with E-state index in [1.54, 1.807) is 18.6 Å². The minimum Gasteiger partial charge on any atom is -0.356 e. The number of carbonyl (C=O) groups is 1. The Balaban J connectivity index is 1.51. The average Bonchev–Trinajstić information content (AvgIpc) is 3.21. The standard InChI is InChI=1S/C26H26N4O/c1-2-18-7-9-19(10-8-18)26-25-22(21-5-3-4-6-23(21)29-25)13-16-30(26)24(31)12-11-20-17-27-14-15-28-20/h3-10,14-15,17,26,29H,2,11-13,16H2,1H3/t26-/m0/s1. The number of aryl methyl sites for hydroxylation is 2. The monoisotopic (exact) mass is 410 g/mol. The predicted molar refractivity (Wildman–Crippen MR) is 122 cm³/mol. The highest BCUT2D eigenvalue weighted by atomic mass is 16.2. The summed E-state index contributed by atoms with van der Waals surface area (Å²) in [5.74, 6) is 0.152. The first kappa shape index (κ1) is 19.5. The maximum Gasteiger partial charge on any atom is 0.223 e. The molecule has 2 aromatic carbocycles. The van der Waals surface area contributed by atoms with Crippen molar-refractivity contribution in [1.82, 2.24) is 19.9 Å². The van der Waals surface area contributed by atoms with Gasteiger partial charge in [0.05, 0.1) is 11.7 Å². The summed E-state index contributed by atoms with van der Waals surface area (Å²) in [7, 11) is 0. The molecule has 1 aliphatic rings. The molecule has 1 N–H and O–H groups in total. The molecule has 3 heterocycles. The lowest BCUT2D eigenvalue weighted by Gasteiger charge is -2.36. The van der Waals surface area contributed by atoms with Gasteiger partial charge in [-0.2, -0.15) is 0 Å². The lowest BCUT2D eigenvalue weighted by molar-refractivity contribution is -0.133. The van der Waals surface area contributed by atoms with Crippen LogP contribution in [0.5, 0.6) is 0 Å². The van der Waals surface area contributed by atoms with Gasteiger partial charge in [0.15, 0.2) is 0 Å². The number of fused-ring (bicyclic) bond motifs is 3. The van der Waals surface area contributed by atoms with Crippen molar-refractivity contribution in [2.75, 3.05) is 6.54 Å². The molecule has 1 aliphatic heterocycles. The van der Waals surface area contributed by atoms with Crippen LogP contribution in [0.15, 0.2) is 67.1 Å². The quantitative estimate of drug-likeness (QED) is 0.522. The molecule has 0 saturated heterocycles. The number of hydrogen-bond acceptors (Lipinski definition) is 3. The lowest BCUT2D eigenvalue weighted by Crippen LogP contribution is -2.40. The van der Waals surface area contributed by atoms with E-state index in [9.17, 15) is 4.79 Å². The molecule has 0 saturated carbocycles. The van der Waals surface area contributed by atoms with Crippen LogP contribution in [-0.4, -0.2) is 32.3 Å². The van der Waals surface area contributed by atoms with Crippen LogP contribution in [0.3, 0.4) is 0 Å². The Kier molecular flexibility index (Phi) is 5.24. The van der Waals surface area contributed by atoms with Gasteiger partial charge in [-0.1, -0.05) is 49.4 Å². The number of para-hydroxylation sites is 1. The lowest BCUT2D eigenvalue weighted by atomic mass is 9.91. The molecule has 5 heteroatoms. The van der Waals surface area contributed by atoms with E-state index in [1.807, 2.05) is 4.90 Å².